The molecule has 0 bridgehead atoms. The van der Waals surface area contributed by atoms with Crippen molar-refractivity contribution < 1.29 is 14.6 Å². The molecule has 0 spiro atoms. The summed E-state index contributed by atoms with van der Waals surface area (Å²) in [5.74, 6) is 0.837. The quantitative estimate of drug-likeness (QED) is 0.929. The molecule has 110 valence electrons. The maximum atomic E-state index is 9.20. The first-order chi connectivity index (χ1) is 10.3. The van der Waals surface area contributed by atoms with Gasteiger partial charge in [-0.15, -0.1) is 0 Å². The molecular formula is C18H20O3. The zero-order valence-electron chi connectivity index (χ0n) is 12.0. The standard InChI is InChI=1S/C18H20O3/c19-13-14-4-3-5-16(12-14)15-7-9-17(10-8-15)21-18-6-1-2-11-20-18/h3-5,7-10,12,18-19H,1-2,6,11,13H2. The molecule has 1 atom stereocenters. The van der Waals surface area contributed by atoms with Gasteiger partial charge in [0.2, 0.25) is 0 Å². The lowest BCUT2D eigenvalue weighted by Gasteiger charge is -2.23. The fourth-order valence-electron chi connectivity index (χ4n) is 2.53. The largest absolute Gasteiger partial charge is 0.465 e. The van der Waals surface area contributed by atoms with E-state index in [0.717, 1.165) is 48.3 Å². The molecule has 3 heteroatoms. The van der Waals surface area contributed by atoms with E-state index in [1.54, 1.807) is 0 Å². The van der Waals surface area contributed by atoms with Crippen molar-refractivity contribution in [3.05, 3.63) is 54.1 Å². The third kappa shape index (κ3) is 3.63. The van der Waals surface area contributed by atoms with Crippen LogP contribution in [-0.4, -0.2) is 18.0 Å². The summed E-state index contributed by atoms with van der Waals surface area (Å²) < 4.78 is 11.4. The predicted molar refractivity (Wildman–Crippen MR) is 82.0 cm³/mol. The fraction of sp³-hybridized carbons (Fsp3) is 0.333. The van der Waals surface area contributed by atoms with Gasteiger partial charge in [0.25, 0.3) is 0 Å². The minimum Gasteiger partial charge on any atom is -0.465 e. The Bertz CT molecular complexity index is 571. The molecule has 21 heavy (non-hydrogen) atoms. The number of hydrogen-bond acceptors (Lipinski definition) is 3. The summed E-state index contributed by atoms with van der Waals surface area (Å²) in [6.45, 7) is 0.852. The van der Waals surface area contributed by atoms with Gasteiger partial charge in [0, 0.05) is 6.42 Å². The third-order valence-corrected chi connectivity index (χ3v) is 3.70. The Morgan fingerprint density at radius 2 is 1.90 bits per heavy atom. The number of rotatable bonds is 4. The summed E-state index contributed by atoms with van der Waals surface area (Å²) in [5, 5.41) is 9.20. The topological polar surface area (TPSA) is 38.7 Å². The van der Waals surface area contributed by atoms with Crippen LogP contribution in [0.25, 0.3) is 11.1 Å². The minimum absolute atomic E-state index is 0.0635. The van der Waals surface area contributed by atoms with Gasteiger partial charge < -0.3 is 14.6 Å². The van der Waals surface area contributed by atoms with Crippen LogP contribution in [0.2, 0.25) is 0 Å². The van der Waals surface area contributed by atoms with Crippen molar-refractivity contribution in [2.24, 2.45) is 0 Å². The van der Waals surface area contributed by atoms with Crippen LogP contribution >= 0.6 is 0 Å². The molecule has 0 amide bonds. The van der Waals surface area contributed by atoms with E-state index in [1.807, 2.05) is 48.5 Å². The molecule has 3 nitrogen and oxygen atoms in total. The summed E-state index contributed by atoms with van der Waals surface area (Å²) in [6.07, 6.45) is 3.14. The van der Waals surface area contributed by atoms with Gasteiger partial charge in [-0.3, -0.25) is 0 Å². The highest BCUT2D eigenvalue weighted by Crippen LogP contribution is 2.25. The molecule has 1 unspecified atom stereocenters. The second-order valence-electron chi connectivity index (χ2n) is 5.30. The number of aliphatic hydroxyl groups is 1. The van der Waals surface area contributed by atoms with Gasteiger partial charge in [-0.05, 0) is 47.7 Å². The summed E-state index contributed by atoms with van der Waals surface area (Å²) in [5.41, 5.74) is 3.13. The van der Waals surface area contributed by atoms with Crippen molar-refractivity contribution >= 4 is 0 Å². The highest BCUT2D eigenvalue weighted by Gasteiger charge is 2.14. The average Bonchev–Trinajstić information content (AvgIpc) is 2.56. The normalized spacial score (nSPS) is 18.4. The van der Waals surface area contributed by atoms with E-state index in [1.165, 1.54) is 0 Å². The van der Waals surface area contributed by atoms with Crippen LogP contribution in [0.5, 0.6) is 5.75 Å². The first-order valence-corrected chi connectivity index (χ1v) is 7.43. The molecule has 1 saturated heterocycles. The molecular weight excluding hydrogens is 264 g/mol. The van der Waals surface area contributed by atoms with Gasteiger partial charge in [-0.2, -0.15) is 0 Å². The summed E-state index contributed by atoms with van der Waals surface area (Å²) in [6, 6.07) is 15.9. The van der Waals surface area contributed by atoms with Crippen LogP contribution in [0.4, 0.5) is 0 Å². The van der Waals surface area contributed by atoms with Crippen LogP contribution < -0.4 is 4.74 Å². The Kier molecular flexibility index (Phi) is 4.53. The second kappa shape index (κ2) is 6.74. The van der Waals surface area contributed by atoms with Crippen LogP contribution in [0.1, 0.15) is 24.8 Å². The Hall–Kier alpha value is -1.84. The number of aliphatic hydroxyl groups excluding tert-OH is 1. The molecule has 3 rings (SSSR count). The van der Waals surface area contributed by atoms with Gasteiger partial charge in [0.05, 0.1) is 13.2 Å². The maximum Gasteiger partial charge on any atom is 0.199 e. The lowest BCUT2D eigenvalue weighted by molar-refractivity contribution is -0.105. The molecule has 1 N–H and O–H groups in total. The molecule has 2 aromatic rings. The fourth-order valence-corrected chi connectivity index (χ4v) is 2.53. The van der Waals surface area contributed by atoms with Crippen LogP contribution in [0, 0.1) is 0 Å². The van der Waals surface area contributed by atoms with E-state index in [9.17, 15) is 5.11 Å². The predicted octanol–water partition coefficient (Wildman–Crippen LogP) is 3.75. The molecule has 1 aliphatic rings. The Labute approximate surface area is 125 Å². The van der Waals surface area contributed by atoms with E-state index >= 15 is 0 Å². The monoisotopic (exact) mass is 284 g/mol. The molecule has 0 radical (unpaired) electrons. The van der Waals surface area contributed by atoms with Crippen LogP contribution in [0.3, 0.4) is 0 Å². The SMILES string of the molecule is OCc1cccc(-c2ccc(OC3CCCCO3)cc2)c1. The van der Waals surface area contributed by atoms with Crippen molar-refractivity contribution in [3.63, 3.8) is 0 Å². The van der Waals surface area contributed by atoms with Gasteiger partial charge in [-0.25, -0.2) is 0 Å². The van der Waals surface area contributed by atoms with Gasteiger partial charge in [0.1, 0.15) is 5.75 Å². The lowest BCUT2D eigenvalue weighted by atomic mass is 10.0. The number of benzene rings is 2. The van der Waals surface area contributed by atoms with Gasteiger partial charge in [-0.1, -0.05) is 30.3 Å². The highest BCUT2D eigenvalue weighted by molar-refractivity contribution is 5.64. The van der Waals surface area contributed by atoms with Gasteiger partial charge in [0.15, 0.2) is 6.29 Å². The van der Waals surface area contributed by atoms with Crippen LogP contribution in [-0.2, 0) is 11.3 Å². The zero-order chi connectivity index (χ0) is 14.5. The zero-order valence-corrected chi connectivity index (χ0v) is 12.0. The summed E-state index contributed by atoms with van der Waals surface area (Å²) in [4.78, 5) is 0. The highest BCUT2D eigenvalue weighted by atomic mass is 16.7. The third-order valence-electron chi connectivity index (χ3n) is 3.70. The van der Waals surface area contributed by atoms with Crippen molar-refractivity contribution in [3.8, 4) is 16.9 Å². The van der Waals surface area contributed by atoms with Crippen molar-refractivity contribution in [2.45, 2.75) is 32.2 Å². The van der Waals surface area contributed by atoms with Gasteiger partial charge >= 0.3 is 0 Å². The molecule has 2 aromatic carbocycles. The van der Waals surface area contributed by atoms with Crippen molar-refractivity contribution in [1.29, 1.82) is 0 Å². The van der Waals surface area contributed by atoms with E-state index in [-0.39, 0.29) is 12.9 Å². The minimum atomic E-state index is -0.109. The van der Waals surface area contributed by atoms with Crippen molar-refractivity contribution in [2.75, 3.05) is 6.61 Å². The van der Waals surface area contributed by atoms with E-state index in [4.69, 9.17) is 9.47 Å². The van der Waals surface area contributed by atoms with E-state index in [2.05, 4.69) is 0 Å². The summed E-state index contributed by atoms with van der Waals surface area (Å²) in [7, 11) is 0. The Balaban J connectivity index is 1.70. The Morgan fingerprint density at radius 3 is 2.62 bits per heavy atom. The van der Waals surface area contributed by atoms with E-state index < -0.39 is 0 Å². The molecule has 0 saturated carbocycles. The maximum absolute atomic E-state index is 9.20. The molecule has 0 aromatic heterocycles. The average molecular weight is 284 g/mol. The number of ether oxygens (including phenoxy) is 2. The molecule has 1 aliphatic heterocycles. The summed E-state index contributed by atoms with van der Waals surface area (Å²) >= 11 is 0. The Morgan fingerprint density at radius 1 is 1.05 bits per heavy atom. The van der Waals surface area contributed by atoms with Crippen LogP contribution in [0.15, 0.2) is 48.5 Å². The first-order valence-electron chi connectivity index (χ1n) is 7.43. The van der Waals surface area contributed by atoms with E-state index in [0.29, 0.717) is 0 Å². The van der Waals surface area contributed by atoms with Crippen molar-refractivity contribution in [1.82, 2.24) is 0 Å². The molecule has 1 heterocycles. The molecule has 0 aliphatic carbocycles. The first kappa shape index (κ1) is 14.1. The second-order valence-corrected chi connectivity index (χ2v) is 5.30. The lowest BCUT2D eigenvalue weighted by Crippen LogP contribution is -2.24. The molecule has 1 fully saturated rings. The number of hydrogen-bond donors (Lipinski definition) is 1. The smallest absolute Gasteiger partial charge is 0.199 e.